The maximum absolute atomic E-state index is 15.1. The number of allylic oxidation sites excluding steroid dienone is 1. The van der Waals surface area contributed by atoms with Gasteiger partial charge in [0.2, 0.25) is 17.7 Å². The fourth-order valence-corrected chi connectivity index (χ4v) is 9.10. The van der Waals surface area contributed by atoms with Gasteiger partial charge in [0.1, 0.15) is 23.7 Å². The molecular weight excluding hydrogens is 662 g/mol. The number of cyclic esters (lactones) is 1. The lowest BCUT2D eigenvalue weighted by molar-refractivity contribution is -0.163. The zero-order valence-electron chi connectivity index (χ0n) is 29.7. The Morgan fingerprint density at radius 3 is 2.40 bits per heavy atom. The number of likely N-dealkylation sites (tertiary alicyclic amines) is 1. The van der Waals surface area contributed by atoms with Crippen molar-refractivity contribution in [1.29, 1.82) is 0 Å². The van der Waals surface area contributed by atoms with Crippen molar-refractivity contribution in [3.8, 4) is 0 Å². The lowest BCUT2D eigenvalue weighted by Gasteiger charge is -2.41. The summed E-state index contributed by atoms with van der Waals surface area (Å²) in [6.07, 6.45) is 11.2. The second-order valence-electron chi connectivity index (χ2n) is 14.7. The molecule has 8 atom stereocenters. The Kier molecular flexibility index (Phi) is 10.9. The van der Waals surface area contributed by atoms with Crippen molar-refractivity contribution < 1.29 is 38.5 Å². The molecule has 1 saturated carbocycles. The fourth-order valence-electron chi connectivity index (χ4n) is 9.10. The molecule has 0 unspecified atom stereocenters. The van der Waals surface area contributed by atoms with Crippen molar-refractivity contribution >= 4 is 23.7 Å². The summed E-state index contributed by atoms with van der Waals surface area (Å²) in [6, 6.07) is 16.2. The predicted octanol–water partition coefficient (Wildman–Crippen LogP) is 3.67. The number of aliphatic hydroxyl groups excluding tert-OH is 1. The van der Waals surface area contributed by atoms with Crippen LogP contribution in [0.4, 0.5) is 0 Å². The minimum absolute atomic E-state index is 0.0209. The Hall–Kier alpha value is -4.32. The number of hydrogen-bond donors (Lipinski definition) is 2. The van der Waals surface area contributed by atoms with Crippen molar-refractivity contribution in [1.82, 2.24) is 15.1 Å². The van der Waals surface area contributed by atoms with Crippen LogP contribution in [-0.4, -0.2) is 101 Å². The molecule has 2 aromatic rings. The number of fused-ring (bicyclic) bond motifs is 2. The summed E-state index contributed by atoms with van der Waals surface area (Å²) in [7, 11) is 1.52. The molecule has 2 N–H and O–H groups in total. The fraction of sp³-hybridized carbons (Fsp3) is 0.512. The largest absolute Gasteiger partial charge is 0.455 e. The van der Waals surface area contributed by atoms with E-state index in [1.54, 1.807) is 12.2 Å². The van der Waals surface area contributed by atoms with E-state index in [1.807, 2.05) is 77.7 Å². The van der Waals surface area contributed by atoms with Gasteiger partial charge >= 0.3 is 5.97 Å². The highest BCUT2D eigenvalue weighted by Crippen LogP contribution is 2.54. The van der Waals surface area contributed by atoms with Gasteiger partial charge in [0.05, 0.1) is 37.3 Å². The summed E-state index contributed by atoms with van der Waals surface area (Å²) in [5.41, 5.74) is 0.0670. The molecule has 276 valence electrons. The van der Waals surface area contributed by atoms with E-state index in [0.717, 1.165) is 37.7 Å². The molecule has 2 aromatic carbocycles. The van der Waals surface area contributed by atoms with Crippen LogP contribution in [0.3, 0.4) is 0 Å². The molecule has 11 nitrogen and oxygen atoms in total. The third kappa shape index (κ3) is 6.81. The third-order valence-electron chi connectivity index (χ3n) is 11.5. The van der Waals surface area contributed by atoms with E-state index in [9.17, 15) is 14.7 Å². The first-order chi connectivity index (χ1) is 25.4. The maximum Gasteiger partial charge on any atom is 0.313 e. The van der Waals surface area contributed by atoms with Gasteiger partial charge in [-0.25, -0.2) is 0 Å². The van der Waals surface area contributed by atoms with Crippen molar-refractivity contribution in [3.63, 3.8) is 0 Å². The minimum atomic E-state index is -1.50. The third-order valence-corrected chi connectivity index (χ3v) is 11.5. The van der Waals surface area contributed by atoms with Gasteiger partial charge in [-0.15, -0.1) is 0 Å². The number of nitrogens with one attached hydrogen (secondary N) is 1. The Morgan fingerprint density at radius 1 is 0.962 bits per heavy atom. The lowest BCUT2D eigenvalue weighted by atomic mass is 9.77. The number of nitrogens with zero attached hydrogens (tertiary/aromatic N) is 2. The summed E-state index contributed by atoms with van der Waals surface area (Å²) < 4.78 is 18.8. The number of hydrogen-bond acceptors (Lipinski definition) is 8. The van der Waals surface area contributed by atoms with E-state index in [2.05, 4.69) is 5.32 Å². The predicted molar refractivity (Wildman–Crippen MR) is 191 cm³/mol. The second kappa shape index (κ2) is 15.7. The minimum Gasteiger partial charge on any atom is -0.455 e. The molecule has 11 heteroatoms. The number of methoxy groups -OCH3 is 1. The van der Waals surface area contributed by atoms with Crippen molar-refractivity contribution in [2.75, 3.05) is 26.9 Å². The van der Waals surface area contributed by atoms with Crippen LogP contribution in [0.1, 0.15) is 62.2 Å². The number of amides is 3. The first-order valence-corrected chi connectivity index (χ1v) is 18.7. The summed E-state index contributed by atoms with van der Waals surface area (Å²) in [5, 5.41) is 13.9. The Labute approximate surface area is 305 Å². The van der Waals surface area contributed by atoms with E-state index in [1.165, 1.54) is 12.0 Å². The van der Waals surface area contributed by atoms with Gasteiger partial charge < -0.3 is 34.4 Å². The number of carbonyl (C=O) groups excluding carboxylic acids is 4. The normalized spacial score (nSPS) is 32.4. The average molecular weight is 712 g/mol. The molecule has 3 fully saturated rings. The first-order valence-electron chi connectivity index (χ1n) is 18.7. The quantitative estimate of drug-likeness (QED) is 0.313. The number of benzene rings is 2. The highest BCUT2D eigenvalue weighted by molar-refractivity contribution is 5.99. The molecule has 0 radical (unpaired) electrons. The standard InChI is InChI=1S/C41H49N3O8/c1-50-26-31-36(28-16-7-3-8-17-28)51-40(49)34-32(20-11-12-21-33(46)42-31)52-41-22-13-23-43(29-18-9-4-10-19-29)39(48)37(41)44(38(47)35(34)41)30(25-45)24-27-14-5-2-6-15-27/h2-3,5-8,11,13-17,20,22,29-32,34-37,45H,4,9-10,12,18-19,21,23-26H2,1H3,(H,42,46)/b20-11-/t30-,31+,32+,34-,35-,36+,37+,41-/m1/s1. The molecule has 2 saturated heterocycles. The van der Waals surface area contributed by atoms with Gasteiger partial charge in [0.15, 0.2) is 0 Å². The number of esters is 1. The number of aliphatic hydroxyl groups is 1. The van der Waals surface area contributed by atoms with E-state index in [-0.39, 0.29) is 37.5 Å². The average Bonchev–Trinajstić information content (AvgIpc) is 3.56. The van der Waals surface area contributed by atoms with Crippen LogP contribution in [-0.2, 0) is 39.8 Å². The molecule has 52 heavy (non-hydrogen) atoms. The molecule has 1 aliphatic carbocycles. The van der Waals surface area contributed by atoms with Crippen LogP contribution in [0.25, 0.3) is 0 Å². The molecule has 4 aliphatic heterocycles. The van der Waals surface area contributed by atoms with E-state index in [4.69, 9.17) is 14.2 Å². The molecule has 0 aromatic heterocycles. The van der Waals surface area contributed by atoms with Crippen LogP contribution in [0.5, 0.6) is 0 Å². The molecule has 0 bridgehead atoms. The van der Waals surface area contributed by atoms with Crippen LogP contribution < -0.4 is 5.32 Å². The topological polar surface area (TPSA) is 135 Å². The molecule has 5 aliphatic rings. The van der Waals surface area contributed by atoms with Crippen molar-refractivity contribution in [2.24, 2.45) is 11.8 Å². The summed E-state index contributed by atoms with van der Waals surface area (Å²) in [6.45, 7) is 0.0564. The highest BCUT2D eigenvalue weighted by Gasteiger charge is 2.72. The van der Waals surface area contributed by atoms with Crippen LogP contribution in [0.2, 0.25) is 0 Å². The Morgan fingerprint density at radius 2 is 1.69 bits per heavy atom. The van der Waals surface area contributed by atoms with Crippen molar-refractivity contribution in [3.05, 3.63) is 96.1 Å². The van der Waals surface area contributed by atoms with Gasteiger partial charge in [0.25, 0.3) is 0 Å². The second-order valence-corrected chi connectivity index (χ2v) is 14.7. The zero-order chi connectivity index (χ0) is 36.2. The molecule has 1 spiro atoms. The molecule has 3 amide bonds. The van der Waals surface area contributed by atoms with Gasteiger partial charge in [-0.05, 0) is 36.8 Å². The Bertz CT molecular complexity index is 1660. The van der Waals surface area contributed by atoms with Gasteiger partial charge in [-0.2, -0.15) is 0 Å². The summed E-state index contributed by atoms with van der Waals surface area (Å²) >= 11 is 0. The summed E-state index contributed by atoms with van der Waals surface area (Å²) in [4.78, 5) is 61.4. The van der Waals surface area contributed by atoms with E-state index in [0.29, 0.717) is 24.9 Å². The van der Waals surface area contributed by atoms with E-state index < -0.39 is 59.6 Å². The van der Waals surface area contributed by atoms with Crippen LogP contribution in [0.15, 0.2) is 85.0 Å². The molecular formula is C41H49N3O8. The number of rotatable bonds is 8. The first kappa shape index (κ1) is 36.1. The highest BCUT2D eigenvalue weighted by atomic mass is 16.6. The molecule has 4 heterocycles. The summed E-state index contributed by atoms with van der Waals surface area (Å²) in [5.74, 6) is -3.77. The van der Waals surface area contributed by atoms with Gasteiger partial charge in [-0.1, -0.05) is 104 Å². The van der Waals surface area contributed by atoms with Crippen molar-refractivity contribution in [2.45, 2.75) is 93.3 Å². The van der Waals surface area contributed by atoms with Gasteiger partial charge in [-0.3, -0.25) is 19.2 Å². The molecule has 7 rings (SSSR count). The zero-order valence-corrected chi connectivity index (χ0v) is 29.7. The number of ether oxygens (including phenoxy) is 3. The lowest BCUT2D eigenvalue weighted by Crippen LogP contribution is -2.60. The number of carbonyl (C=O) groups is 4. The van der Waals surface area contributed by atoms with Crippen LogP contribution >= 0.6 is 0 Å². The monoisotopic (exact) mass is 711 g/mol. The smallest absolute Gasteiger partial charge is 0.313 e. The Balaban J connectivity index is 1.33. The van der Waals surface area contributed by atoms with Crippen LogP contribution in [0, 0.1) is 11.8 Å². The van der Waals surface area contributed by atoms with E-state index >= 15 is 9.59 Å². The van der Waals surface area contributed by atoms with Gasteiger partial charge in [0, 0.05) is 26.1 Å². The maximum atomic E-state index is 15.1. The SMILES string of the molecule is COC[C@@H]1NC(=O)CC/C=C\[C@@H]2O[C@@]34C=CCN(C5CCCCC5)C(=O)[C@@H]3N([C@@H](CO)Cc3ccccc3)C(=O)[C@H]4[C@@H]2C(=O)O[C@H]1c1ccccc1.